The molecule has 1 aliphatic rings. The second kappa shape index (κ2) is 4.64. The third-order valence-corrected chi connectivity index (χ3v) is 3.25. The second-order valence-electron chi connectivity index (χ2n) is 5.58. The standard InChI is InChI=1S/C12H22N4O/c1-9(2)13-8-10-14-15-11(17-10)16-7-5-6-12(16,3)4/h9,13H,5-8H2,1-4H3. The third-order valence-electron chi connectivity index (χ3n) is 3.25. The van der Waals surface area contributed by atoms with Gasteiger partial charge >= 0.3 is 6.01 Å². The van der Waals surface area contributed by atoms with E-state index in [0.29, 0.717) is 24.5 Å². The van der Waals surface area contributed by atoms with Gasteiger partial charge in [0.2, 0.25) is 5.89 Å². The number of rotatable bonds is 4. The lowest BCUT2D eigenvalue weighted by Gasteiger charge is -2.29. The van der Waals surface area contributed by atoms with Gasteiger partial charge in [0.15, 0.2) is 0 Å². The largest absolute Gasteiger partial charge is 0.407 e. The first-order valence-corrected chi connectivity index (χ1v) is 6.32. The van der Waals surface area contributed by atoms with E-state index in [-0.39, 0.29) is 5.54 Å². The Labute approximate surface area is 103 Å². The molecule has 1 fully saturated rings. The minimum absolute atomic E-state index is 0.134. The van der Waals surface area contributed by atoms with E-state index >= 15 is 0 Å². The Morgan fingerprint density at radius 3 is 2.76 bits per heavy atom. The summed E-state index contributed by atoms with van der Waals surface area (Å²) in [6, 6.07) is 1.08. The zero-order chi connectivity index (χ0) is 12.5. The predicted molar refractivity (Wildman–Crippen MR) is 66.9 cm³/mol. The van der Waals surface area contributed by atoms with Crippen molar-refractivity contribution in [1.29, 1.82) is 0 Å². The van der Waals surface area contributed by atoms with E-state index in [1.807, 2.05) is 0 Å². The van der Waals surface area contributed by atoms with E-state index in [0.717, 1.165) is 6.54 Å². The van der Waals surface area contributed by atoms with Crippen LogP contribution in [0, 0.1) is 0 Å². The molecule has 0 aliphatic carbocycles. The topological polar surface area (TPSA) is 54.2 Å². The van der Waals surface area contributed by atoms with Crippen LogP contribution in [0.25, 0.3) is 0 Å². The summed E-state index contributed by atoms with van der Waals surface area (Å²) >= 11 is 0. The highest BCUT2D eigenvalue weighted by Crippen LogP contribution is 2.32. The predicted octanol–water partition coefficient (Wildman–Crippen LogP) is 1.95. The Hall–Kier alpha value is -1.10. The SMILES string of the molecule is CC(C)NCc1nnc(N2CCCC2(C)C)o1. The zero-order valence-corrected chi connectivity index (χ0v) is 11.2. The molecule has 0 saturated carbocycles. The maximum atomic E-state index is 5.69. The first kappa shape index (κ1) is 12.4. The molecule has 0 atom stereocenters. The number of hydrogen-bond acceptors (Lipinski definition) is 5. The van der Waals surface area contributed by atoms with Gasteiger partial charge in [-0.05, 0) is 26.7 Å². The van der Waals surface area contributed by atoms with Gasteiger partial charge in [-0.1, -0.05) is 18.9 Å². The third kappa shape index (κ3) is 2.77. The number of nitrogens with one attached hydrogen (secondary N) is 1. The molecule has 0 bridgehead atoms. The van der Waals surface area contributed by atoms with Crippen molar-refractivity contribution in [2.24, 2.45) is 0 Å². The van der Waals surface area contributed by atoms with Crippen molar-refractivity contribution in [2.75, 3.05) is 11.4 Å². The monoisotopic (exact) mass is 238 g/mol. The lowest BCUT2D eigenvalue weighted by atomic mass is 10.0. The lowest BCUT2D eigenvalue weighted by molar-refractivity contribution is 0.421. The molecule has 0 radical (unpaired) electrons. The molecule has 96 valence electrons. The number of hydrogen-bond donors (Lipinski definition) is 1. The Morgan fingerprint density at radius 2 is 2.18 bits per heavy atom. The summed E-state index contributed by atoms with van der Waals surface area (Å²) < 4.78 is 5.69. The Kier molecular flexibility index (Phi) is 3.38. The molecule has 17 heavy (non-hydrogen) atoms. The molecule has 0 amide bonds. The van der Waals surface area contributed by atoms with Gasteiger partial charge in [0.05, 0.1) is 6.54 Å². The van der Waals surface area contributed by atoms with Crippen LogP contribution in [0.2, 0.25) is 0 Å². The zero-order valence-electron chi connectivity index (χ0n) is 11.2. The van der Waals surface area contributed by atoms with Gasteiger partial charge in [0, 0.05) is 18.1 Å². The van der Waals surface area contributed by atoms with Crippen molar-refractivity contribution >= 4 is 6.01 Å². The van der Waals surface area contributed by atoms with Crippen molar-refractivity contribution < 1.29 is 4.42 Å². The summed E-state index contributed by atoms with van der Waals surface area (Å²) in [6.45, 7) is 10.3. The molecule has 1 aromatic rings. The molecule has 1 aromatic heterocycles. The van der Waals surface area contributed by atoms with Gasteiger partial charge < -0.3 is 14.6 Å². The molecule has 2 heterocycles. The van der Waals surface area contributed by atoms with E-state index in [1.54, 1.807) is 0 Å². The fraction of sp³-hybridized carbons (Fsp3) is 0.833. The van der Waals surface area contributed by atoms with E-state index in [1.165, 1.54) is 12.8 Å². The highest BCUT2D eigenvalue weighted by molar-refractivity contribution is 5.32. The molecule has 1 saturated heterocycles. The van der Waals surface area contributed by atoms with Crippen molar-refractivity contribution in [3.05, 3.63) is 5.89 Å². The second-order valence-corrected chi connectivity index (χ2v) is 5.58. The summed E-state index contributed by atoms with van der Waals surface area (Å²) in [4.78, 5) is 2.21. The fourth-order valence-corrected chi connectivity index (χ4v) is 2.18. The summed E-state index contributed by atoms with van der Waals surface area (Å²) in [5.41, 5.74) is 0.134. The number of nitrogens with zero attached hydrogens (tertiary/aromatic N) is 3. The quantitative estimate of drug-likeness (QED) is 0.869. The minimum Gasteiger partial charge on any atom is -0.407 e. The molecule has 2 rings (SSSR count). The molecule has 0 aromatic carbocycles. The number of aromatic nitrogens is 2. The Bertz CT molecular complexity index is 372. The lowest BCUT2D eigenvalue weighted by Crippen LogP contribution is -2.38. The Morgan fingerprint density at radius 1 is 1.41 bits per heavy atom. The highest BCUT2D eigenvalue weighted by atomic mass is 16.4. The first-order chi connectivity index (χ1) is 7.99. The normalized spacial score (nSPS) is 19.2. The molecule has 1 aliphatic heterocycles. The van der Waals surface area contributed by atoms with Crippen LogP contribution >= 0.6 is 0 Å². The van der Waals surface area contributed by atoms with Gasteiger partial charge in [0.25, 0.3) is 0 Å². The van der Waals surface area contributed by atoms with Crippen molar-refractivity contribution in [3.8, 4) is 0 Å². The molecular weight excluding hydrogens is 216 g/mol. The molecule has 5 heteroatoms. The van der Waals surface area contributed by atoms with E-state index in [4.69, 9.17) is 4.42 Å². The molecule has 0 spiro atoms. The van der Waals surface area contributed by atoms with Gasteiger partial charge in [-0.25, -0.2) is 0 Å². The fourth-order valence-electron chi connectivity index (χ4n) is 2.18. The number of anilines is 1. The molecule has 0 unspecified atom stereocenters. The van der Waals surface area contributed by atoms with Crippen molar-refractivity contribution in [2.45, 2.75) is 58.7 Å². The highest BCUT2D eigenvalue weighted by Gasteiger charge is 2.35. The van der Waals surface area contributed by atoms with Crippen LogP contribution in [0.3, 0.4) is 0 Å². The smallest absolute Gasteiger partial charge is 0.318 e. The average molecular weight is 238 g/mol. The minimum atomic E-state index is 0.134. The van der Waals surface area contributed by atoms with Crippen molar-refractivity contribution in [1.82, 2.24) is 15.5 Å². The van der Waals surface area contributed by atoms with Crippen LogP contribution < -0.4 is 10.2 Å². The van der Waals surface area contributed by atoms with Gasteiger partial charge in [-0.2, -0.15) is 0 Å². The summed E-state index contributed by atoms with van der Waals surface area (Å²) in [6.07, 6.45) is 2.36. The van der Waals surface area contributed by atoms with Crippen LogP contribution in [0.1, 0.15) is 46.4 Å². The molecule has 1 N–H and O–H groups in total. The van der Waals surface area contributed by atoms with Crippen molar-refractivity contribution in [3.63, 3.8) is 0 Å². The maximum Gasteiger partial charge on any atom is 0.318 e. The van der Waals surface area contributed by atoms with Gasteiger partial charge in [0.1, 0.15) is 0 Å². The van der Waals surface area contributed by atoms with Gasteiger partial charge in [-0.3, -0.25) is 0 Å². The van der Waals surface area contributed by atoms with Gasteiger partial charge in [-0.15, -0.1) is 5.10 Å². The Balaban J connectivity index is 2.03. The van der Waals surface area contributed by atoms with Crippen LogP contribution in [0.15, 0.2) is 4.42 Å². The summed E-state index contributed by atoms with van der Waals surface area (Å²) in [5, 5.41) is 11.5. The maximum absolute atomic E-state index is 5.69. The van der Waals surface area contributed by atoms with E-state index < -0.39 is 0 Å². The van der Waals surface area contributed by atoms with E-state index in [9.17, 15) is 0 Å². The first-order valence-electron chi connectivity index (χ1n) is 6.32. The van der Waals surface area contributed by atoms with Crippen LogP contribution in [0.4, 0.5) is 6.01 Å². The molecular formula is C12H22N4O. The summed E-state index contributed by atoms with van der Waals surface area (Å²) in [5.74, 6) is 0.663. The van der Waals surface area contributed by atoms with Crippen LogP contribution in [0.5, 0.6) is 0 Å². The van der Waals surface area contributed by atoms with Crippen LogP contribution in [-0.4, -0.2) is 28.3 Å². The molecule has 5 nitrogen and oxygen atoms in total. The summed E-state index contributed by atoms with van der Waals surface area (Å²) in [7, 11) is 0. The average Bonchev–Trinajstić information content (AvgIpc) is 2.80. The van der Waals surface area contributed by atoms with Crippen LogP contribution in [-0.2, 0) is 6.54 Å². The van der Waals surface area contributed by atoms with E-state index in [2.05, 4.69) is 48.1 Å².